The molecule has 0 radical (unpaired) electrons. The molecule has 4 aromatic rings. The minimum atomic E-state index is -0.730. The second kappa shape index (κ2) is 9.39. The van der Waals surface area contributed by atoms with E-state index in [1.807, 2.05) is 24.3 Å². The number of halogens is 1. The fourth-order valence-electron chi connectivity index (χ4n) is 4.61. The van der Waals surface area contributed by atoms with Crippen LogP contribution in [0.1, 0.15) is 21.6 Å². The van der Waals surface area contributed by atoms with Crippen molar-refractivity contribution in [1.29, 1.82) is 0 Å². The summed E-state index contributed by atoms with van der Waals surface area (Å²) in [5, 5.41) is 1.67. The minimum Gasteiger partial charge on any atom is -0.451 e. The lowest BCUT2D eigenvalue weighted by molar-refractivity contribution is -0.135. The molecule has 1 aliphatic rings. The molecule has 5 rings (SSSR count). The summed E-state index contributed by atoms with van der Waals surface area (Å²) >= 11 is 6.08. The Balaban J connectivity index is 1.46. The highest BCUT2D eigenvalue weighted by atomic mass is 35.5. The van der Waals surface area contributed by atoms with Gasteiger partial charge in [0.25, 0.3) is 11.5 Å². The number of hydrogen-bond donors (Lipinski definition) is 0. The Morgan fingerprint density at radius 1 is 0.914 bits per heavy atom. The SMILES string of the molecule is Cn1c(C(=O)OCC(=O)N2CCc3ccccc3C2)c(-c2ccc(Cl)cc2)c2ccccc2c1=O. The molecule has 1 amide bonds. The molecule has 0 aliphatic carbocycles. The van der Waals surface area contributed by atoms with Gasteiger partial charge in [0.1, 0.15) is 5.69 Å². The molecule has 176 valence electrons. The van der Waals surface area contributed by atoms with Gasteiger partial charge in [-0.05, 0) is 46.7 Å². The van der Waals surface area contributed by atoms with Crippen LogP contribution in [-0.2, 0) is 29.5 Å². The lowest BCUT2D eigenvalue weighted by atomic mass is 9.97. The molecule has 0 spiro atoms. The van der Waals surface area contributed by atoms with Gasteiger partial charge < -0.3 is 14.2 Å². The number of hydrogen-bond acceptors (Lipinski definition) is 4. The van der Waals surface area contributed by atoms with Crippen LogP contribution in [0.5, 0.6) is 0 Å². The van der Waals surface area contributed by atoms with Gasteiger partial charge in [-0.1, -0.05) is 66.2 Å². The summed E-state index contributed by atoms with van der Waals surface area (Å²) < 4.78 is 6.77. The Morgan fingerprint density at radius 3 is 2.31 bits per heavy atom. The average Bonchev–Trinajstić information content (AvgIpc) is 2.89. The zero-order valence-electron chi connectivity index (χ0n) is 19.2. The highest BCUT2D eigenvalue weighted by molar-refractivity contribution is 6.30. The van der Waals surface area contributed by atoms with Crippen molar-refractivity contribution in [3.8, 4) is 11.1 Å². The number of esters is 1. The van der Waals surface area contributed by atoms with Crippen LogP contribution in [-0.4, -0.2) is 34.5 Å². The molecule has 1 aliphatic heterocycles. The molecule has 0 saturated heterocycles. The van der Waals surface area contributed by atoms with Gasteiger partial charge in [0, 0.05) is 36.1 Å². The lowest BCUT2D eigenvalue weighted by Gasteiger charge is -2.28. The molecule has 3 aromatic carbocycles. The molecular formula is C28H23ClN2O4. The highest BCUT2D eigenvalue weighted by Crippen LogP contribution is 2.32. The molecule has 0 atom stereocenters. The van der Waals surface area contributed by atoms with Crippen molar-refractivity contribution >= 4 is 34.2 Å². The fourth-order valence-corrected chi connectivity index (χ4v) is 4.73. The smallest absolute Gasteiger partial charge is 0.356 e. The van der Waals surface area contributed by atoms with Crippen molar-refractivity contribution in [2.75, 3.05) is 13.2 Å². The molecule has 7 heteroatoms. The largest absolute Gasteiger partial charge is 0.451 e. The van der Waals surface area contributed by atoms with Gasteiger partial charge in [-0.3, -0.25) is 9.59 Å². The zero-order chi connectivity index (χ0) is 24.5. The van der Waals surface area contributed by atoms with Crippen LogP contribution in [0.3, 0.4) is 0 Å². The second-order valence-corrected chi connectivity index (χ2v) is 8.99. The van der Waals surface area contributed by atoms with Crippen molar-refractivity contribution in [3.05, 3.63) is 105 Å². The van der Waals surface area contributed by atoms with E-state index >= 15 is 0 Å². The van der Waals surface area contributed by atoms with E-state index < -0.39 is 12.6 Å². The van der Waals surface area contributed by atoms with Crippen molar-refractivity contribution in [3.63, 3.8) is 0 Å². The Morgan fingerprint density at radius 2 is 1.57 bits per heavy atom. The molecule has 0 unspecified atom stereocenters. The third kappa shape index (κ3) is 4.33. The van der Waals surface area contributed by atoms with Crippen molar-refractivity contribution in [2.45, 2.75) is 13.0 Å². The first-order chi connectivity index (χ1) is 16.9. The lowest BCUT2D eigenvalue weighted by Crippen LogP contribution is -2.39. The third-order valence-electron chi connectivity index (χ3n) is 6.44. The third-order valence-corrected chi connectivity index (χ3v) is 6.69. The quantitative estimate of drug-likeness (QED) is 0.395. The highest BCUT2D eigenvalue weighted by Gasteiger charge is 2.25. The standard InChI is InChI=1S/C28H23ClN2O4/c1-30-26(28(34)35-17-24(32)31-15-14-18-6-2-3-7-20(18)16-31)25(19-10-12-21(29)13-11-19)22-8-4-5-9-23(22)27(30)33/h2-13H,14-17H2,1H3. The number of aromatic nitrogens is 1. The Hall–Kier alpha value is -3.90. The van der Waals surface area contributed by atoms with E-state index in [0.717, 1.165) is 12.0 Å². The van der Waals surface area contributed by atoms with Crippen molar-refractivity contribution in [1.82, 2.24) is 9.47 Å². The van der Waals surface area contributed by atoms with Crippen LogP contribution in [0, 0.1) is 0 Å². The Bertz CT molecular complexity index is 1510. The van der Waals surface area contributed by atoms with E-state index in [9.17, 15) is 14.4 Å². The normalized spacial score (nSPS) is 12.9. The maximum atomic E-state index is 13.3. The number of amides is 1. The first kappa shape index (κ1) is 22.9. The van der Waals surface area contributed by atoms with Crippen molar-refractivity contribution in [2.24, 2.45) is 7.05 Å². The molecule has 0 saturated carbocycles. The molecule has 6 nitrogen and oxygen atoms in total. The van der Waals surface area contributed by atoms with E-state index in [1.165, 1.54) is 17.2 Å². The van der Waals surface area contributed by atoms with Crippen LogP contribution in [0.4, 0.5) is 0 Å². The van der Waals surface area contributed by atoms with Crippen LogP contribution >= 0.6 is 11.6 Å². The number of benzene rings is 3. The van der Waals surface area contributed by atoms with Crippen LogP contribution in [0.25, 0.3) is 21.9 Å². The summed E-state index contributed by atoms with van der Waals surface area (Å²) in [6.07, 6.45) is 0.760. The molecule has 1 aromatic heterocycles. The monoisotopic (exact) mass is 486 g/mol. The number of pyridine rings is 1. The van der Waals surface area contributed by atoms with E-state index in [1.54, 1.807) is 47.4 Å². The van der Waals surface area contributed by atoms with Gasteiger partial charge in [-0.25, -0.2) is 4.79 Å². The maximum Gasteiger partial charge on any atom is 0.356 e. The summed E-state index contributed by atoms with van der Waals surface area (Å²) in [5.41, 5.74) is 3.38. The summed E-state index contributed by atoms with van der Waals surface area (Å²) in [4.78, 5) is 40.9. The van der Waals surface area contributed by atoms with Crippen LogP contribution < -0.4 is 5.56 Å². The first-order valence-electron chi connectivity index (χ1n) is 11.3. The minimum absolute atomic E-state index is 0.0906. The van der Waals surface area contributed by atoms with Crippen LogP contribution in [0.2, 0.25) is 5.02 Å². The van der Waals surface area contributed by atoms with Gasteiger partial charge in [0.05, 0.1) is 0 Å². The van der Waals surface area contributed by atoms with Gasteiger partial charge in [0.2, 0.25) is 0 Å². The van der Waals surface area contributed by atoms with Crippen LogP contribution in [0.15, 0.2) is 77.6 Å². The molecule has 2 heterocycles. The van der Waals surface area contributed by atoms with E-state index in [2.05, 4.69) is 6.07 Å². The fraction of sp³-hybridized carbons (Fsp3) is 0.179. The van der Waals surface area contributed by atoms with Gasteiger partial charge in [-0.15, -0.1) is 0 Å². The van der Waals surface area contributed by atoms with E-state index in [4.69, 9.17) is 16.3 Å². The molecule has 0 bridgehead atoms. The summed E-state index contributed by atoms with van der Waals surface area (Å²) in [6, 6.07) is 22.2. The topological polar surface area (TPSA) is 68.6 Å². The van der Waals surface area contributed by atoms with Gasteiger partial charge in [0.15, 0.2) is 6.61 Å². The number of rotatable bonds is 4. The Labute approximate surface area is 207 Å². The summed E-state index contributed by atoms with van der Waals surface area (Å²) in [7, 11) is 1.54. The summed E-state index contributed by atoms with van der Waals surface area (Å²) in [6.45, 7) is 0.650. The predicted octanol–water partition coefficient (Wildman–Crippen LogP) is 4.60. The number of ether oxygens (including phenoxy) is 1. The molecule has 0 N–H and O–H groups in total. The maximum absolute atomic E-state index is 13.3. The predicted molar refractivity (Wildman–Crippen MR) is 135 cm³/mol. The van der Waals surface area contributed by atoms with E-state index in [-0.39, 0.29) is 17.2 Å². The summed E-state index contributed by atoms with van der Waals surface area (Å²) in [5.74, 6) is -1.00. The number of carbonyl (C=O) groups is 2. The van der Waals surface area contributed by atoms with E-state index in [0.29, 0.717) is 40.0 Å². The number of fused-ring (bicyclic) bond motifs is 2. The van der Waals surface area contributed by atoms with Gasteiger partial charge >= 0.3 is 5.97 Å². The first-order valence-corrected chi connectivity index (χ1v) is 11.7. The number of carbonyl (C=O) groups excluding carboxylic acids is 2. The van der Waals surface area contributed by atoms with Gasteiger partial charge in [-0.2, -0.15) is 0 Å². The molecule has 0 fully saturated rings. The second-order valence-electron chi connectivity index (χ2n) is 8.55. The zero-order valence-corrected chi connectivity index (χ0v) is 19.9. The van der Waals surface area contributed by atoms with Crippen molar-refractivity contribution < 1.29 is 14.3 Å². The number of nitrogens with zero attached hydrogens (tertiary/aromatic N) is 2. The average molecular weight is 487 g/mol. The molecule has 35 heavy (non-hydrogen) atoms. The Kier molecular flexibility index (Phi) is 6.14. The molecular weight excluding hydrogens is 464 g/mol.